The molecule has 278 valence electrons. The Bertz CT molecular complexity index is 2090. The standard InChI is InChI=1S/C35H37N7O10S/c1-53(49,50)23-9-6-20(7-10-23)38-31-29(30(36)44)37-18-26(40-31)19-4-2-5-21(16-19)39-35(48)52-15-3-14-51-22-8-11-24-25(17-22)34(47)42(33(24)46)27-12-13-28(43)41-32(27)45/h6-11,17-19,21,27H,2-5,12-16H2,1H3,(H2,36,44)(H,38,40)(H,39,48)(H,41,43,45)/t19?,21-,27?/m1/s1. The molecular formula is C35H37N7O10S. The Balaban J connectivity index is 0.972. The molecule has 1 saturated heterocycles. The SMILES string of the molecule is CS(=O)(=O)c1ccc(Nc2nc(C3CCC[C@@H](NC(=O)OCCCOc4ccc5c(c4)C(=O)N(C4CCC(=O)NC4=O)C5=O)C3)cnc2C(N)=O)cc1. The van der Waals surface area contributed by atoms with Gasteiger partial charge in [0.05, 0.1) is 34.9 Å². The van der Waals surface area contributed by atoms with Gasteiger partial charge in [-0.1, -0.05) is 6.42 Å². The maximum absolute atomic E-state index is 13.0. The van der Waals surface area contributed by atoms with Crippen LogP contribution in [0, 0.1) is 0 Å². The van der Waals surface area contributed by atoms with Gasteiger partial charge in [-0.15, -0.1) is 0 Å². The van der Waals surface area contributed by atoms with Crippen molar-refractivity contribution in [2.75, 3.05) is 24.8 Å². The number of aromatic nitrogens is 2. The Kier molecular flexibility index (Phi) is 10.7. The van der Waals surface area contributed by atoms with Crippen molar-refractivity contribution in [2.24, 2.45) is 5.73 Å². The Morgan fingerprint density at radius 3 is 2.47 bits per heavy atom. The summed E-state index contributed by atoms with van der Waals surface area (Å²) in [5.74, 6) is -2.81. The fourth-order valence-corrected chi connectivity index (χ4v) is 7.17. The van der Waals surface area contributed by atoms with Crippen molar-refractivity contribution in [2.45, 2.75) is 67.8 Å². The van der Waals surface area contributed by atoms with Gasteiger partial charge < -0.3 is 25.8 Å². The number of anilines is 2. The number of ether oxygens (including phenoxy) is 2. The average molecular weight is 748 g/mol. The number of rotatable bonds is 12. The summed E-state index contributed by atoms with van der Waals surface area (Å²) in [6, 6.07) is 9.11. The van der Waals surface area contributed by atoms with Crippen LogP contribution in [0.15, 0.2) is 53.6 Å². The molecule has 2 aliphatic heterocycles. The first-order valence-corrected chi connectivity index (χ1v) is 18.8. The van der Waals surface area contributed by atoms with Crippen LogP contribution in [-0.2, 0) is 24.2 Å². The third kappa shape index (κ3) is 8.43. The first-order valence-electron chi connectivity index (χ1n) is 16.9. The molecule has 0 bridgehead atoms. The third-order valence-corrected chi connectivity index (χ3v) is 10.3. The van der Waals surface area contributed by atoms with Gasteiger partial charge in [-0.3, -0.25) is 34.2 Å². The van der Waals surface area contributed by atoms with Crippen molar-refractivity contribution >= 4 is 57.0 Å². The topological polar surface area (TPSA) is 246 Å². The van der Waals surface area contributed by atoms with Crippen LogP contribution < -0.4 is 26.4 Å². The average Bonchev–Trinajstić information content (AvgIpc) is 3.36. The number of hydrogen-bond acceptors (Lipinski definition) is 13. The number of sulfone groups is 1. The van der Waals surface area contributed by atoms with Gasteiger partial charge in [-0.05, 0) is 68.1 Å². The Hall–Kier alpha value is -5.91. The third-order valence-electron chi connectivity index (χ3n) is 9.19. The van der Waals surface area contributed by atoms with Crippen LogP contribution in [0.2, 0.25) is 0 Å². The molecule has 6 amide bonds. The number of hydrogen-bond donors (Lipinski definition) is 4. The number of amides is 6. The lowest BCUT2D eigenvalue weighted by Crippen LogP contribution is -2.54. The smallest absolute Gasteiger partial charge is 0.407 e. The molecule has 3 atom stereocenters. The zero-order valence-electron chi connectivity index (χ0n) is 28.6. The Morgan fingerprint density at radius 1 is 1.00 bits per heavy atom. The van der Waals surface area contributed by atoms with Crippen LogP contribution in [-0.4, -0.2) is 90.5 Å². The number of nitrogens with two attached hydrogens (primary N) is 1. The molecule has 53 heavy (non-hydrogen) atoms. The summed E-state index contributed by atoms with van der Waals surface area (Å²) in [4.78, 5) is 84.3. The first kappa shape index (κ1) is 36.9. The summed E-state index contributed by atoms with van der Waals surface area (Å²) in [6.07, 6.45) is 5.25. The van der Waals surface area contributed by atoms with E-state index in [9.17, 15) is 37.2 Å². The quantitative estimate of drug-likeness (QED) is 0.154. The van der Waals surface area contributed by atoms with Crippen LogP contribution in [0.4, 0.5) is 16.3 Å². The lowest BCUT2D eigenvalue weighted by molar-refractivity contribution is -0.136. The first-order chi connectivity index (χ1) is 25.3. The molecule has 5 N–H and O–H groups in total. The highest BCUT2D eigenvalue weighted by Crippen LogP contribution is 2.34. The van der Waals surface area contributed by atoms with Crippen LogP contribution >= 0.6 is 0 Å². The van der Waals surface area contributed by atoms with E-state index < -0.39 is 51.5 Å². The summed E-state index contributed by atoms with van der Waals surface area (Å²) in [5, 5.41) is 8.06. The van der Waals surface area contributed by atoms with Crippen LogP contribution in [0.3, 0.4) is 0 Å². The number of fused-ring (bicyclic) bond motifs is 1. The van der Waals surface area contributed by atoms with E-state index in [0.717, 1.165) is 30.4 Å². The second-order valence-electron chi connectivity index (χ2n) is 13.0. The largest absolute Gasteiger partial charge is 0.493 e. The molecule has 2 fully saturated rings. The molecule has 0 spiro atoms. The minimum Gasteiger partial charge on any atom is -0.493 e. The zero-order chi connectivity index (χ0) is 37.9. The number of piperidine rings is 1. The lowest BCUT2D eigenvalue weighted by atomic mass is 9.84. The molecule has 17 nitrogen and oxygen atoms in total. The van der Waals surface area contributed by atoms with Crippen molar-refractivity contribution in [1.82, 2.24) is 25.5 Å². The highest BCUT2D eigenvalue weighted by atomic mass is 32.2. The van der Waals surface area contributed by atoms with Gasteiger partial charge in [0.1, 0.15) is 11.8 Å². The van der Waals surface area contributed by atoms with Gasteiger partial charge >= 0.3 is 6.09 Å². The minimum absolute atomic E-state index is 0.0253. The van der Waals surface area contributed by atoms with Gasteiger partial charge in [0.2, 0.25) is 11.8 Å². The second-order valence-corrected chi connectivity index (χ2v) is 15.0. The summed E-state index contributed by atoms with van der Waals surface area (Å²) >= 11 is 0. The van der Waals surface area contributed by atoms with Crippen molar-refractivity contribution in [1.29, 1.82) is 0 Å². The predicted molar refractivity (Wildman–Crippen MR) is 186 cm³/mol. The van der Waals surface area contributed by atoms with E-state index in [2.05, 4.69) is 25.9 Å². The number of nitrogens with one attached hydrogen (secondary N) is 3. The van der Waals surface area contributed by atoms with Crippen molar-refractivity contribution < 1.29 is 46.7 Å². The minimum atomic E-state index is -3.39. The number of nitrogens with zero attached hydrogens (tertiary/aromatic N) is 3. The van der Waals surface area contributed by atoms with E-state index in [1.165, 1.54) is 36.5 Å². The van der Waals surface area contributed by atoms with Gasteiger partial charge in [0.25, 0.3) is 17.7 Å². The van der Waals surface area contributed by atoms with Gasteiger partial charge in [-0.25, -0.2) is 23.2 Å². The van der Waals surface area contributed by atoms with E-state index in [4.69, 9.17) is 15.2 Å². The van der Waals surface area contributed by atoms with E-state index in [0.29, 0.717) is 30.0 Å². The zero-order valence-corrected chi connectivity index (χ0v) is 29.4. The second kappa shape index (κ2) is 15.4. The monoisotopic (exact) mass is 747 g/mol. The van der Waals surface area contributed by atoms with Crippen LogP contribution in [0.5, 0.6) is 5.75 Å². The number of primary amides is 1. The number of carbonyl (C=O) groups is 6. The van der Waals surface area contributed by atoms with E-state index >= 15 is 0 Å². The van der Waals surface area contributed by atoms with Gasteiger partial charge in [0.15, 0.2) is 21.3 Å². The van der Waals surface area contributed by atoms with Crippen LogP contribution in [0.1, 0.15) is 87.8 Å². The number of imide groups is 2. The van der Waals surface area contributed by atoms with Crippen molar-refractivity contribution in [3.8, 4) is 5.75 Å². The highest BCUT2D eigenvalue weighted by Gasteiger charge is 2.44. The molecule has 6 rings (SSSR count). The molecule has 3 heterocycles. The molecule has 1 aromatic heterocycles. The molecule has 1 saturated carbocycles. The Labute approximate surface area is 303 Å². The fraction of sp³-hybridized carbons (Fsp3) is 0.371. The molecule has 3 aliphatic rings. The number of benzene rings is 2. The lowest BCUT2D eigenvalue weighted by Gasteiger charge is -2.29. The van der Waals surface area contributed by atoms with Gasteiger partial charge in [0, 0.05) is 42.9 Å². The predicted octanol–water partition coefficient (Wildman–Crippen LogP) is 2.35. The van der Waals surface area contributed by atoms with Crippen molar-refractivity contribution in [3.05, 3.63) is 71.2 Å². The van der Waals surface area contributed by atoms with Crippen molar-refractivity contribution in [3.63, 3.8) is 0 Å². The number of alkyl carbamates (subject to hydrolysis) is 1. The summed E-state index contributed by atoms with van der Waals surface area (Å²) in [7, 11) is -3.39. The van der Waals surface area contributed by atoms with E-state index in [1.807, 2.05) is 0 Å². The number of carbonyl (C=O) groups excluding carboxylic acids is 6. The van der Waals surface area contributed by atoms with E-state index in [1.54, 1.807) is 12.1 Å². The molecule has 2 aromatic carbocycles. The summed E-state index contributed by atoms with van der Waals surface area (Å²) in [6.45, 7) is 0.197. The Morgan fingerprint density at radius 2 is 1.75 bits per heavy atom. The molecule has 2 unspecified atom stereocenters. The normalized spacial score (nSPS) is 20.0. The molecular weight excluding hydrogens is 710 g/mol. The maximum Gasteiger partial charge on any atom is 0.407 e. The summed E-state index contributed by atoms with van der Waals surface area (Å²) in [5.41, 5.74) is 6.79. The highest BCUT2D eigenvalue weighted by molar-refractivity contribution is 7.90. The molecule has 0 radical (unpaired) electrons. The maximum atomic E-state index is 13.0. The van der Waals surface area contributed by atoms with E-state index in [-0.39, 0.29) is 65.5 Å². The summed E-state index contributed by atoms with van der Waals surface area (Å²) < 4.78 is 34.7. The molecule has 18 heteroatoms. The fourth-order valence-electron chi connectivity index (χ4n) is 6.54. The van der Waals surface area contributed by atoms with Gasteiger partial charge in [-0.2, -0.15) is 0 Å². The molecule has 3 aromatic rings. The van der Waals surface area contributed by atoms with Crippen LogP contribution in [0.25, 0.3) is 0 Å². The molecule has 1 aliphatic carbocycles.